The molecule has 2 aliphatic carbocycles. The molecule has 0 bridgehead atoms. The molecule has 42 heavy (non-hydrogen) atoms. The first-order valence-electron chi connectivity index (χ1n) is 15.3. The molecule has 0 radical (unpaired) electrons. The number of benzene rings is 4. The van der Waals surface area contributed by atoms with E-state index in [4.69, 9.17) is 0 Å². The Morgan fingerprint density at radius 1 is 0.524 bits per heavy atom. The van der Waals surface area contributed by atoms with Crippen molar-refractivity contribution in [2.45, 2.75) is 52.0 Å². The average Bonchev–Trinajstić information content (AvgIpc) is 3.54. The zero-order valence-electron chi connectivity index (χ0n) is 25.1. The fourth-order valence-corrected chi connectivity index (χ4v) is 18.4. The Hall–Kier alpha value is -2.35. The average molecular weight is 628 g/mol. The summed E-state index contributed by atoms with van der Waals surface area (Å²) in [6.07, 6.45) is 6.67. The van der Waals surface area contributed by atoms with Crippen molar-refractivity contribution in [3.8, 4) is 22.3 Å². The Balaban J connectivity index is 0.00000176. The molecule has 2 atom stereocenters. The van der Waals surface area contributed by atoms with Gasteiger partial charge in [0.15, 0.2) is 0 Å². The SMILES string of the molecule is CC(C)C1=Cc2c(-c3ccccc3)cccc2[CH]1[Ti+2]1([CH]2C(C(C)C)=Cc3c(-c4ccccc4)cccc32)[CH2]C[CH2]1.[Cl-].[Cl-]. The van der Waals surface area contributed by atoms with Crippen LogP contribution in [0.25, 0.3) is 34.4 Å². The topological polar surface area (TPSA) is 0 Å². The third kappa shape index (κ3) is 4.90. The summed E-state index contributed by atoms with van der Waals surface area (Å²) in [4.78, 5) is 0. The van der Waals surface area contributed by atoms with Gasteiger partial charge in [0, 0.05) is 0 Å². The van der Waals surface area contributed by atoms with Gasteiger partial charge >= 0.3 is 245 Å². The van der Waals surface area contributed by atoms with Gasteiger partial charge in [-0.05, 0) is 0 Å². The normalized spacial score (nSPS) is 18.9. The van der Waals surface area contributed by atoms with E-state index in [1.165, 1.54) is 49.3 Å². The molecule has 7 rings (SSSR count). The van der Waals surface area contributed by atoms with E-state index in [1.807, 2.05) is 0 Å². The quantitative estimate of drug-likeness (QED) is 0.255. The van der Waals surface area contributed by atoms with Crippen LogP contribution in [0.4, 0.5) is 0 Å². The molecule has 4 aromatic carbocycles. The van der Waals surface area contributed by atoms with Crippen LogP contribution in [0.3, 0.4) is 0 Å². The van der Waals surface area contributed by atoms with Gasteiger partial charge in [-0.2, -0.15) is 0 Å². The predicted molar refractivity (Wildman–Crippen MR) is 169 cm³/mol. The van der Waals surface area contributed by atoms with E-state index in [-0.39, 0.29) is 24.8 Å². The standard InChI is InChI=1S/2C18H17.C3H6.2ClH.Ti/c2*1-13(2)16-11-15-9-6-10-17(18(15)12-16)14-7-4-3-5-8-14;1-3-2;;;/h2*3-13H,1-2H3;1-3H2;2*1H;/q;;;;;+2/p-2. The van der Waals surface area contributed by atoms with Crippen LogP contribution in [0.5, 0.6) is 0 Å². The van der Waals surface area contributed by atoms with Crippen molar-refractivity contribution in [1.82, 2.24) is 0 Å². The molecular formula is C39H40Cl2Ti. The third-order valence-corrected chi connectivity index (χ3v) is 19.7. The minimum Gasteiger partial charge on any atom is -1.00 e. The van der Waals surface area contributed by atoms with Crippen LogP contribution < -0.4 is 24.8 Å². The fraction of sp³-hybridized carbons (Fsp3) is 0.282. The van der Waals surface area contributed by atoms with Crippen molar-refractivity contribution < 1.29 is 41.4 Å². The second-order valence-corrected chi connectivity index (χ2v) is 20.1. The fourth-order valence-electron chi connectivity index (χ4n) is 8.20. The molecule has 2 unspecified atom stereocenters. The summed E-state index contributed by atoms with van der Waals surface area (Å²) in [5.74, 6) is 1.12. The number of hydrogen-bond acceptors (Lipinski definition) is 0. The van der Waals surface area contributed by atoms with Crippen LogP contribution in [0.15, 0.2) is 108 Å². The monoisotopic (exact) mass is 626 g/mol. The van der Waals surface area contributed by atoms with Gasteiger partial charge in [-0.3, -0.25) is 0 Å². The summed E-state index contributed by atoms with van der Waals surface area (Å²) in [6, 6.07) is 36.5. The number of halogens is 2. The molecule has 3 aliphatic rings. The summed E-state index contributed by atoms with van der Waals surface area (Å²) in [7, 11) is 0. The first-order chi connectivity index (χ1) is 19.5. The van der Waals surface area contributed by atoms with Crippen molar-refractivity contribution in [3.05, 3.63) is 130 Å². The van der Waals surface area contributed by atoms with Crippen LogP contribution in [-0.2, 0) is 16.6 Å². The van der Waals surface area contributed by atoms with Crippen LogP contribution in [-0.4, -0.2) is 0 Å². The van der Waals surface area contributed by atoms with Crippen molar-refractivity contribution in [3.63, 3.8) is 0 Å². The van der Waals surface area contributed by atoms with E-state index in [1.54, 1.807) is 22.3 Å². The molecule has 1 saturated heterocycles. The first-order valence-corrected chi connectivity index (χ1v) is 19.3. The molecule has 3 heteroatoms. The molecule has 0 N–H and O–H groups in total. The van der Waals surface area contributed by atoms with Gasteiger partial charge in [-0.25, -0.2) is 0 Å². The Morgan fingerprint density at radius 2 is 0.929 bits per heavy atom. The number of fused-ring (bicyclic) bond motifs is 2. The van der Waals surface area contributed by atoms with E-state index in [0.717, 1.165) is 0 Å². The molecule has 1 aliphatic heterocycles. The molecule has 0 saturated carbocycles. The third-order valence-electron chi connectivity index (χ3n) is 10.1. The Morgan fingerprint density at radius 3 is 1.26 bits per heavy atom. The van der Waals surface area contributed by atoms with E-state index in [0.29, 0.717) is 20.3 Å². The zero-order chi connectivity index (χ0) is 27.4. The molecule has 214 valence electrons. The van der Waals surface area contributed by atoms with Gasteiger partial charge in [-0.15, -0.1) is 0 Å². The van der Waals surface area contributed by atoms with E-state index in [9.17, 15) is 0 Å². The Kier molecular flexibility index (Phi) is 9.13. The molecule has 0 aromatic heterocycles. The second kappa shape index (κ2) is 12.3. The van der Waals surface area contributed by atoms with E-state index in [2.05, 4.69) is 137 Å². The van der Waals surface area contributed by atoms with Crippen LogP contribution in [0.1, 0.15) is 64.8 Å². The Labute approximate surface area is 268 Å². The van der Waals surface area contributed by atoms with Crippen molar-refractivity contribution in [2.24, 2.45) is 11.8 Å². The molecule has 4 aromatic rings. The summed E-state index contributed by atoms with van der Waals surface area (Å²) < 4.78 is 4.25. The summed E-state index contributed by atoms with van der Waals surface area (Å²) >= 11 is -2.53. The Bertz CT molecular complexity index is 1510. The van der Waals surface area contributed by atoms with Gasteiger partial charge in [-0.1, -0.05) is 0 Å². The maximum absolute atomic E-state index is 2.63. The predicted octanol–water partition coefficient (Wildman–Crippen LogP) is 5.31. The van der Waals surface area contributed by atoms with Crippen LogP contribution in [0, 0.1) is 11.8 Å². The van der Waals surface area contributed by atoms with Crippen molar-refractivity contribution in [2.75, 3.05) is 0 Å². The van der Waals surface area contributed by atoms with Gasteiger partial charge in [0.05, 0.1) is 0 Å². The first kappa shape index (κ1) is 31.1. The van der Waals surface area contributed by atoms with Gasteiger partial charge < -0.3 is 24.8 Å². The van der Waals surface area contributed by atoms with Crippen molar-refractivity contribution >= 4 is 12.2 Å². The molecule has 0 spiro atoms. The van der Waals surface area contributed by atoms with E-state index >= 15 is 0 Å². The largest absolute Gasteiger partial charge is 1.00 e. The van der Waals surface area contributed by atoms with E-state index < -0.39 is 16.6 Å². The number of rotatable bonds is 6. The number of allylic oxidation sites excluding steroid dienone is 2. The van der Waals surface area contributed by atoms with Gasteiger partial charge in [0.1, 0.15) is 0 Å². The van der Waals surface area contributed by atoms with Gasteiger partial charge in [0.25, 0.3) is 0 Å². The molecule has 0 nitrogen and oxygen atoms in total. The molecule has 1 fully saturated rings. The maximum Gasteiger partial charge on any atom is -1.00 e. The summed E-state index contributed by atoms with van der Waals surface area (Å²) in [6.45, 7) is 9.77. The zero-order valence-corrected chi connectivity index (χ0v) is 28.2. The minimum atomic E-state index is -2.53. The van der Waals surface area contributed by atoms with Gasteiger partial charge in [0.2, 0.25) is 0 Å². The number of hydrogen-bond donors (Lipinski definition) is 0. The second-order valence-electron chi connectivity index (χ2n) is 12.9. The van der Waals surface area contributed by atoms with Crippen molar-refractivity contribution in [1.29, 1.82) is 0 Å². The summed E-state index contributed by atoms with van der Waals surface area (Å²) in [5.41, 5.74) is 15.2. The molecule has 0 amide bonds. The molecule has 1 heterocycles. The minimum absolute atomic E-state index is 0. The smallest absolute Gasteiger partial charge is 1.00 e. The maximum atomic E-state index is 2.63. The summed E-state index contributed by atoms with van der Waals surface area (Å²) in [5, 5.41) is 0. The van der Waals surface area contributed by atoms with Crippen LogP contribution >= 0.6 is 0 Å². The van der Waals surface area contributed by atoms with Crippen LogP contribution in [0.2, 0.25) is 9.45 Å². The molecular weight excluding hydrogens is 587 g/mol.